The van der Waals surface area contributed by atoms with Gasteiger partial charge in [-0.2, -0.15) is 0 Å². The predicted molar refractivity (Wildman–Crippen MR) is 71.0 cm³/mol. The zero-order valence-electron chi connectivity index (χ0n) is 11.7. The molecule has 0 aliphatic carbocycles. The second kappa shape index (κ2) is 6.21. The molecule has 0 aromatic heterocycles. The van der Waals surface area contributed by atoms with Gasteiger partial charge in [-0.05, 0) is 39.3 Å². The average Bonchev–Trinajstić information content (AvgIpc) is 3.03. The molecular weight excluding hydrogens is 262 g/mol. The van der Waals surface area contributed by atoms with Crippen LogP contribution in [-0.4, -0.2) is 71.5 Å². The Morgan fingerprint density at radius 3 is 2.40 bits per heavy atom. The third kappa shape index (κ3) is 3.09. The number of carboxylic acid groups (broad SMARTS) is 1. The van der Waals surface area contributed by atoms with Crippen LogP contribution in [0, 0.1) is 0 Å². The van der Waals surface area contributed by atoms with Crippen LogP contribution in [0.4, 0.5) is 0 Å². The Balaban J connectivity index is 1.83. The van der Waals surface area contributed by atoms with Crippen LogP contribution in [-0.2, 0) is 14.4 Å². The number of rotatable bonds is 4. The first-order valence-corrected chi connectivity index (χ1v) is 7.01. The van der Waals surface area contributed by atoms with Crippen LogP contribution in [0.25, 0.3) is 0 Å². The van der Waals surface area contributed by atoms with E-state index >= 15 is 0 Å². The molecule has 0 spiro atoms. The number of amides is 2. The van der Waals surface area contributed by atoms with E-state index in [0.29, 0.717) is 19.4 Å². The second-order valence-corrected chi connectivity index (χ2v) is 5.44. The molecule has 0 saturated carbocycles. The Morgan fingerprint density at radius 1 is 1.15 bits per heavy atom. The van der Waals surface area contributed by atoms with Crippen molar-refractivity contribution in [3.63, 3.8) is 0 Å². The minimum Gasteiger partial charge on any atom is -0.480 e. The van der Waals surface area contributed by atoms with E-state index in [9.17, 15) is 14.4 Å². The number of carboxylic acids is 1. The molecule has 2 aliphatic heterocycles. The molecule has 2 atom stereocenters. The molecule has 2 saturated heterocycles. The fourth-order valence-corrected chi connectivity index (χ4v) is 2.95. The molecule has 112 valence electrons. The molecular formula is C13H21N3O4. The minimum absolute atomic E-state index is 0.118. The van der Waals surface area contributed by atoms with Gasteiger partial charge >= 0.3 is 5.97 Å². The van der Waals surface area contributed by atoms with Gasteiger partial charge in [0, 0.05) is 6.54 Å². The van der Waals surface area contributed by atoms with Crippen molar-refractivity contribution in [1.29, 1.82) is 0 Å². The molecule has 7 heteroatoms. The second-order valence-electron chi connectivity index (χ2n) is 5.44. The molecule has 2 amide bonds. The Bertz CT molecular complexity index is 412. The van der Waals surface area contributed by atoms with E-state index < -0.39 is 12.0 Å². The van der Waals surface area contributed by atoms with E-state index in [-0.39, 0.29) is 24.4 Å². The lowest BCUT2D eigenvalue weighted by molar-refractivity contribution is -0.148. The van der Waals surface area contributed by atoms with Crippen LogP contribution in [0.1, 0.15) is 25.7 Å². The van der Waals surface area contributed by atoms with Crippen molar-refractivity contribution in [2.45, 2.75) is 37.8 Å². The highest BCUT2D eigenvalue weighted by Crippen LogP contribution is 2.17. The molecule has 2 fully saturated rings. The van der Waals surface area contributed by atoms with Gasteiger partial charge < -0.3 is 15.3 Å². The predicted octanol–water partition coefficient (Wildman–Crippen LogP) is -0.728. The Kier molecular flexibility index (Phi) is 4.59. The third-order valence-electron chi connectivity index (χ3n) is 4.10. The molecule has 20 heavy (non-hydrogen) atoms. The molecule has 7 nitrogen and oxygen atoms in total. The van der Waals surface area contributed by atoms with Gasteiger partial charge in [-0.1, -0.05) is 0 Å². The monoisotopic (exact) mass is 283 g/mol. The summed E-state index contributed by atoms with van der Waals surface area (Å²) in [6.45, 7) is 1.22. The van der Waals surface area contributed by atoms with Gasteiger partial charge in [0.2, 0.25) is 11.8 Å². The first kappa shape index (κ1) is 14.8. The van der Waals surface area contributed by atoms with Crippen LogP contribution < -0.4 is 5.32 Å². The number of nitrogens with one attached hydrogen (secondary N) is 1. The van der Waals surface area contributed by atoms with Gasteiger partial charge in [-0.25, -0.2) is 4.79 Å². The standard InChI is InChI=1S/C13H21N3O4/c1-15-6-2-4-9(15)12(18)14-8-11(17)16-7-3-5-10(16)13(19)20/h9-10H,2-8H2,1H3,(H,14,18)(H,19,20). The van der Waals surface area contributed by atoms with Gasteiger partial charge in [-0.15, -0.1) is 0 Å². The molecule has 0 aromatic rings. The Morgan fingerprint density at radius 2 is 1.80 bits per heavy atom. The van der Waals surface area contributed by atoms with Gasteiger partial charge in [-0.3, -0.25) is 14.5 Å². The van der Waals surface area contributed by atoms with E-state index in [1.165, 1.54) is 4.90 Å². The molecule has 2 heterocycles. The lowest BCUT2D eigenvalue weighted by Gasteiger charge is -2.23. The van der Waals surface area contributed by atoms with Crippen LogP contribution >= 0.6 is 0 Å². The van der Waals surface area contributed by atoms with E-state index in [2.05, 4.69) is 5.32 Å². The largest absolute Gasteiger partial charge is 0.480 e. The number of carbonyl (C=O) groups is 3. The smallest absolute Gasteiger partial charge is 0.326 e. The summed E-state index contributed by atoms with van der Waals surface area (Å²) < 4.78 is 0. The van der Waals surface area contributed by atoms with Gasteiger partial charge in [0.15, 0.2) is 0 Å². The lowest BCUT2D eigenvalue weighted by Crippen LogP contribution is -2.48. The molecule has 0 aromatic carbocycles. The van der Waals surface area contributed by atoms with Gasteiger partial charge in [0.1, 0.15) is 6.04 Å². The summed E-state index contributed by atoms with van der Waals surface area (Å²) >= 11 is 0. The van der Waals surface area contributed by atoms with E-state index in [0.717, 1.165) is 19.4 Å². The van der Waals surface area contributed by atoms with Gasteiger partial charge in [0.25, 0.3) is 0 Å². The fraction of sp³-hybridized carbons (Fsp3) is 0.769. The number of aliphatic carboxylic acids is 1. The summed E-state index contributed by atoms with van der Waals surface area (Å²) in [7, 11) is 1.89. The zero-order chi connectivity index (χ0) is 14.7. The highest BCUT2D eigenvalue weighted by atomic mass is 16.4. The highest BCUT2D eigenvalue weighted by molar-refractivity contribution is 5.89. The number of likely N-dealkylation sites (N-methyl/N-ethyl adjacent to an activating group) is 1. The minimum atomic E-state index is -0.974. The van der Waals surface area contributed by atoms with E-state index in [4.69, 9.17) is 5.11 Å². The van der Waals surface area contributed by atoms with Crippen molar-refractivity contribution < 1.29 is 19.5 Å². The molecule has 0 bridgehead atoms. The van der Waals surface area contributed by atoms with Crippen LogP contribution in [0.5, 0.6) is 0 Å². The maximum absolute atomic E-state index is 12.0. The molecule has 0 radical (unpaired) electrons. The molecule has 2 N–H and O–H groups in total. The van der Waals surface area contributed by atoms with Crippen molar-refractivity contribution >= 4 is 17.8 Å². The van der Waals surface area contributed by atoms with Crippen molar-refractivity contribution in [3.8, 4) is 0 Å². The summed E-state index contributed by atoms with van der Waals surface area (Å²) in [6.07, 6.45) is 2.97. The maximum Gasteiger partial charge on any atom is 0.326 e. The topological polar surface area (TPSA) is 90.0 Å². The number of carbonyl (C=O) groups excluding carboxylic acids is 2. The van der Waals surface area contributed by atoms with Crippen molar-refractivity contribution in [2.24, 2.45) is 0 Å². The van der Waals surface area contributed by atoms with Crippen LogP contribution in [0.2, 0.25) is 0 Å². The summed E-state index contributed by atoms with van der Waals surface area (Å²) in [5.41, 5.74) is 0. The Hall–Kier alpha value is -1.63. The summed E-state index contributed by atoms with van der Waals surface area (Å²) in [4.78, 5) is 38.3. The van der Waals surface area contributed by atoms with Gasteiger partial charge in [0.05, 0.1) is 12.6 Å². The first-order valence-electron chi connectivity index (χ1n) is 7.01. The summed E-state index contributed by atoms with van der Waals surface area (Å²) in [6, 6.07) is -0.912. The molecule has 2 unspecified atom stereocenters. The van der Waals surface area contributed by atoms with Crippen molar-refractivity contribution in [3.05, 3.63) is 0 Å². The quantitative estimate of drug-likeness (QED) is 0.710. The maximum atomic E-state index is 12.0. The Labute approximate surface area is 117 Å². The zero-order valence-corrected chi connectivity index (χ0v) is 11.7. The molecule has 2 aliphatic rings. The number of nitrogens with zero attached hydrogens (tertiary/aromatic N) is 2. The fourth-order valence-electron chi connectivity index (χ4n) is 2.95. The normalized spacial score (nSPS) is 26.8. The molecule has 2 rings (SSSR count). The average molecular weight is 283 g/mol. The SMILES string of the molecule is CN1CCCC1C(=O)NCC(=O)N1CCCC1C(=O)O. The summed E-state index contributed by atoms with van der Waals surface area (Å²) in [5.74, 6) is -1.44. The highest BCUT2D eigenvalue weighted by Gasteiger charge is 2.34. The van der Waals surface area contributed by atoms with Crippen molar-refractivity contribution in [1.82, 2.24) is 15.1 Å². The summed E-state index contributed by atoms with van der Waals surface area (Å²) in [5, 5.41) is 11.7. The first-order chi connectivity index (χ1) is 9.50. The number of hydrogen-bond donors (Lipinski definition) is 2. The number of likely N-dealkylation sites (tertiary alicyclic amines) is 2. The van der Waals surface area contributed by atoms with E-state index in [1.54, 1.807) is 0 Å². The van der Waals surface area contributed by atoms with Crippen LogP contribution in [0.15, 0.2) is 0 Å². The third-order valence-corrected chi connectivity index (χ3v) is 4.10. The van der Waals surface area contributed by atoms with Crippen molar-refractivity contribution in [2.75, 3.05) is 26.7 Å². The van der Waals surface area contributed by atoms with Crippen LogP contribution in [0.3, 0.4) is 0 Å². The van der Waals surface area contributed by atoms with E-state index in [1.807, 2.05) is 11.9 Å². The lowest BCUT2D eigenvalue weighted by atomic mass is 10.2. The number of hydrogen-bond acceptors (Lipinski definition) is 4.